The van der Waals surface area contributed by atoms with Crippen molar-refractivity contribution in [2.24, 2.45) is 0 Å². The van der Waals surface area contributed by atoms with Gasteiger partial charge in [-0.2, -0.15) is 23.5 Å². The van der Waals surface area contributed by atoms with Gasteiger partial charge in [-0.25, -0.2) is 4.79 Å². The SMILES string of the molecule is O=C(O)CSCC(NC(=O)C(NCCSCc1ccccc1)NCCSCc1ccccc1)C(=O)O. The highest BCUT2D eigenvalue weighted by molar-refractivity contribution is 8.00. The fourth-order valence-corrected chi connectivity index (χ4v) is 5.45. The Balaban J connectivity index is 1.82. The van der Waals surface area contributed by atoms with Crippen molar-refractivity contribution in [2.75, 3.05) is 36.1 Å². The maximum atomic E-state index is 12.9. The molecule has 0 bridgehead atoms. The summed E-state index contributed by atoms with van der Waals surface area (Å²) in [4.78, 5) is 35.2. The minimum atomic E-state index is -1.20. The van der Waals surface area contributed by atoms with Crippen LogP contribution in [0.1, 0.15) is 11.1 Å². The molecule has 1 atom stereocenters. The largest absolute Gasteiger partial charge is 0.481 e. The van der Waals surface area contributed by atoms with E-state index in [1.54, 1.807) is 23.5 Å². The zero-order chi connectivity index (χ0) is 26.0. The molecule has 0 aliphatic carbocycles. The van der Waals surface area contributed by atoms with Crippen molar-refractivity contribution in [2.45, 2.75) is 23.7 Å². The van der Waals surface area contributed by atoms with Gasteiger partial charge in [0.15, 0.2) is 0 Å². The number of carbonyl (C=O) groups excluding carboxylic acids is 1. The molecule has 0 aromatic heterocycles. The lowest BCUT2D eigenvalue weighted by atomic mass is 10.2. The van der Waals surface area contributed by atoms with Crippen molar-refractivity contribution in [1.82, 2.24) is 16.0 Å². The van der Waals surface area contributed by atoms with E-state index in [4.69, 9.17) is 5.11 Å². The first-order valence-electron chi connectivity index (χ1n) is 11.5. The van der Waals surface area contributed by atoms with Crippen LogP contribution < -0.4 is 16.0 Å². The van der Waals surface area contributed by atoms with Gasteiger partial charge in [0.05, 0.1) is 5.75 Å². The molecule has 2 aromatic carbocycles. The summed E-state index contributed by atoms with van der Waals surface area (Å²) in [6, 6.07) is 19.1. The van der Waals surface area contributed by atoms with Crippen LogP contribution in [0.5, 0.6) is 0 Å². The minimum Gasteiger partial charge on any atom is -0.481 e. The number of hydrogen-bond acceptors (Lipinski definition) is 8. The summed E-state index contributed by atoms with van der Waals surface area (Å²) in [5, 5.41) is 27.1. The molecular formula is C25H33N3O5S3. The molecule has 36 heavy (non-hydrogen) atoms. The van der Waals surface area contributed by atoms with Crippen molar-refractivity contribution in [3.8, 4) is 0 Å². The number of thioether (sulfide) groups is 3. The van der Waals surface area contributed by atoms with Crippen molar-refractivity contribution < 1.29 is 24.6 Å². The highest BCUT2D eigenvalue weighted by atomic mass is 32.2. The van der Waals surface area contributed by atoms with Gasteiger partial charge in [-0.15, -0.1) is 11.8 Å². The topological polar surface area (TPSA) is 128 Å². The monoisotopic (exact) mass is 551 g/mol. The molecule has 0 aliphatic heterocycles. The van der Waals surface area contributed by atoms with Gasteiger partial charge in [0, 0.05) is 41.9 Å². The normalized spacial score (nSPS) is 11.8. The van der Waals surface area contributed by atoms with Crippen molar-refractivity contribution in [3.63, 3.8) is 0 Å². The van der Waals surface area contributed by atoms with E-state index in [2.05, 4.69) is 40.2 Å². The van der Waals surface area contributed by atoms with E-state index in [0.717, 1.165) is 34.8 Å². The van der Waals surface area contributed by atoms with E-state index in [1.165, 1.54) is 11.1 Å². The Bertz CT molecular complexity index is 872. The third kappa shape index (κ3) is 13.2. The van der Waals surface area contributed by atoms with Crippen LogP contribution in [0.2, 0.25) is 0 Å². The summed E-state index contributed by atoms with van der Waals surface area (Å²) in [6.45, 7) is 1.12. The molecule has 11 heteroatoms. The Hall–Kier alpha value is -2.18. The van der Waals surface area contributed by atoms with Crippen LogP contribution in [0.4, 0.5) is 0 Å². The van der Waals surface area contributed by atoms with Gasteiger partial charge in [-0.05, 0) is 11.1 Å². The van der Waals surface area contributed by atoms with E-state index >= 15 is 0 Å². The summed E-state index contributed by atoms with van der Waals surface area (Å²) in [5.74, 6) is 0.334. The van der Waals surface area contributed by atoms with E-state index in [0.29, 0.717) is 13.1 Å². The number of hydrogen-bond donors (Lipinski definition) is 5. The fourth-order valence-electron chi connectivity index (χ4n) is 3.03. The van der Waals surface area contributed by atoms with Gasteiger partial charge < -0.3 is 15.5 Å². The molecule has 196 valence electrons. The van der Waals surface area contributed by atoms with Crippen molar-refractivity contribution >= 4 is 53.1 Å². The minimum absolute atomic E-state index is 0.0278. The third-order valence-electron chi connectivity index (χ3n) is 4.80. The van der Waals surface area contributed by atoms with Crippen molar-refractivity contribution in [1.29, 1.82) is 0 Å². The number of aliphatic carboxylic acids is 2. The zero-order valence-electron chi connectivity index (χ0n) is 19.9. The molecule has 0 radical (unpaired) electrons. The number of amides is 1. The number of carbonyl (C=O) groups is 3. The van der Waals surface area contributed by atoms with E-state index in [1.807, 2.05) is 36.4 Å². The lowest BCUT2D eigenvalue weighted by molar-refractivity contribution is -0.141. The Morgan fingerprint density at radius 3 is 1.69 bits per heavy atom. The lowest BCUT2D eigenvalue weighted by Crippen LogP contribution is -2.57. The summed E-state index contributed by atoms with van der Waals surface area (Å²) < 4.78 is 0. The Labute approximate surface area is 224 Å². The molecule has 0 spiro atoms. The van der Waals surface area contributed by atoms with Gasteiger partial charge >= 0.3 is 11.9 Å². The first-order chi connectivity index (χ1) is 17.5. The number of rotatable bonds is 19. The number of benzene rings is 2. The Morgan fingerprint density at radius 1 is 0.750 bits per heavy atom. The quantitative estimate of drug-likeness (QED) is 0.131. The standard InChI is InChI=1S/C25H33N3O5S3/c29-22(30)18-36-17-21(25(32)33)28-24(31)23(26-11-13-34-15-19-7-3-1-4-8-19)27-12-14-35-16-20-9-5-2-6-10-20/h1-10,21,23,26-27H,11-18H2,(H,28,31)(H,29,30)(H,32,33). The lowest BCUT2D eigenvalue weighted by Gasteiger charge is -2.22. The van der Waals surface area contributed by atoms with E-state index in [-0.39, 0.29) is 11.5 Å². The van der Waals surface area contributed by atoms with E-state index in [9.17, 15) is 19.5 Å². The highest BCUT2D eigenvalue weighted by Gasteiger charge is 2.25. The first kappa shape index (κ1) is 30.0. The second-order valence-electron chi connectivity index (χ2n) is 7.73. The van der Waals surface area contributed by atoms with Crippen LogP contribution in [0.15, 0.2) is 60.7 Å². The smallest absolute Gasteiger partial charge is 0.327 e. The van der Waals surface area contributed by atoms with Gasteiger partial charge in [-0.3, -0.25) is 20.2 Å². The maximum absolute atomic E-state index is 12.9. The second-order valence-corrected chi connectivity index (χ2v) is 11.0. The van der Waals surface area contributed by atoms with Crippen LogP contribution >= 0.6 is 35.3 Å². The fraction of sp³-hybridized carbons (Fsp3) is 0.400. The molecule has 0 heterocycles. The molecule has 2 rings (SSSR count). The van der Waals surface area contributed by atoms with Crippen LogP contribution in [0, 0.1) is 0 Å². The van der Waals surface area contributed by atoms with Gasteiger partial charge in [0.25, 0.3) is 5.91 Å². The summed E-state index contributed by atoms with van der Waals surface area (Å²) in [5.41, 5.74) is 2.46. The Morgan fingerprint density at radius 2 is 1.25 bits per heavy atom. The predicted octanol–water partition coefficient (Wildman–Crippen LogP) is 2.75. The zero-order valence-corrected chi connectivity index (χ0v) is 22.4. The number of carboxylic acid groups (broad SMARTS) is 2. The number of carboxylic acids is 2. The molecule has 0 saturated carbocycles. The maximum Gasteiger partial charge on any atom is 0.327 e. The number of nitrogens with one attached hydrogen (secondary N) is 3. The molecule has 0 saturated heterocycles. The first-order valence-corrected chi connectivity index (χ1v) is 14.9. The van der Waals surface area contributed by atoms with Crippen LogP contribution in [-0.4, -0.2) is 76.4 Å². The summed E-state index contributed by atoms with van der Waals surface area (Å²) in [6.07, 6.45) is -0.758. The van der Waals surface area contributed by atoms with Crippen LogP contribution in [0.3, 0.4) is 0 Å². The average Bonchev–Trinajstić information content (AvgIpc) is 2.87. The molecule has 1 unspecified atom stereocenters. The predicted molar refractivity (Wildman–Crippen MR) is 150 cm³/mol. The summed E-state index contributed by atoms with van der Waals surface area (Å²) in [7, 11) is 0. The molecule has 2 aromatic rings. The van der Waals surface area contributed by atoms with E-state index < -0.39 is 30.1 Å². The third-order valence-corrected chi connectivity index (χ3v) is 7.88. The van der Waals surface area contributed by atoms with Crippen LogP contribution in [0.25, 0.3) is 0 Å². The van der Waals surface area contributed by atoms with Crippen molar-refractivity contribution in [3.05, 3.63) is 71.8 Å². The van der Waals surface area contributed by atoms with Gasteiger partial charge in [0.2, 0.25) is 0 Å². The molecular weight excluding hydrogens is 518 g/mol. The molecule has 8 nitrogen and oxygen atoms in total. The molecule has 5 N–H and O–H groups in total. The van der Waals surface area contributed by atoms with Gasteiger partial charge in [-0.1, -0.05) is 60.7 Å². The molecule has 1 amide bonds. The summed E-state index contributed by atoms with van der Waals surface area (Å²) >= 11 is 4.44. The van der Waals surface area contributed by atoms with Crippen LogP contribution in [-0.2, 0) is 25.9 Å². The Kier molecular flexibility index (Phi) is 15.1. The average molecular weight is 552 g/mol. The molecule has 0 aliphatic rings. The second kappa shape index (κ2) is 18.1. The molecule has 0 fully saturated rings. The highest BCUT2D eigenvalue weighted by Crippen LogP contribution is 2.12. The van der Waals surface area contributed by atoms with Gasteiger partial charge in [0.1, 0.15) is 12.2 Å².